The lowest BCUT2D eigenvalue weighted by Crippen LogP contribution is -2.23. The Kier molecular flexibility index (Phi) is 4.39. The van der Waals surface area contributed by atoms with Crippen molar-refractivity contribution in [3.63, 3.8) is 0 Å². The number of hydrogen-bond donors (Lipinski definition) is 1. The number of nitrogens with zero attached hydrogens (tertiary/aromatic N) is 3. The zero-order valence-corrected chi connectivity index (χ0v) is 12.4. The van der Waals surface area contributed by atoms with E-state index in [1.165, 1.54) is 6.07 Å². The van der Waals surface area contributed by atoms with E-state index in [0.29, 0.717) is 6.54 Å². The Morgan fingerprint density at radius 2 is 2.20 bits per heavy atom. The highest BCUT2D eigenvalue weighted by Crippen LogP contribution is 2.27. The lowest BCUT2D eigenvalue weighted by atomic mass is 10.1. The Bertz CT molecular complexity index is 579. The minimum absolute atomic E-state index is 0.0875. The van der Waals surface area contributed by atoms with Gasteiger partial charge in [0, 0.05) is 38.2 Å². The molecular formula is C15H21FN4. The van der Waals surface area contributed by atoms with Gasteiger partial charge in [-0.15, -0.1) is 0 Å². The van der Waals surface area contributed by atoms with Crippen LogP contribution in [0.5, 0.6) is 0 Å². The van der Waals surface area contributed by atoms with Crippen LogP contribution in [-0.2, 0) is 13.6 Å². The van der Waals surface area contributed by atoms with E-state index in [0.717, 1.165) is 17.1 Å². The summed E-state index contributed by atoms with van der Waals surface area (Å²) in [5.74, 6) is 0.760. The molecule has 1 aromatic heterocycles. The first-order chi connectivity index (χ1) is 9.52. The van der Waals surface area contributed by atoms with E-state index < -0.39 is 0 Å². The van der Waals surface area contributed by atoms with Crippen molar-refractivity contribution in [3.05, 3.63) is 47.8 Å². The third-order valence-electron chi connectivity index (χ3n) is 3.60. The highest BCUT2D eigenvalue weighted by molar-refractivity contribution is 5.54. The van der Waals surface area contributed by atoms with Crippen molar-refractivity contribution in [2.45, 2.75) is 19.5 Å². The van der Waals surface area contributed by atoms with Crippen LogP contribution in [0.3, 0.4) is 0 Å². The lowest BCUT2D eigenvalue weighted by molar-refractivity contribution is 0.606. The topological polar surface area (TPSA) is 33.1 Å². The quantitative estimate of drug-likeness (QED) is 0.910. The fourth-order valence-corrected chi connectivity index (χ4v) is 2.22. The summed E-state index contributed by atoms with van der Waals surface area (Å²) in [6.07, 6.45) is 3.70. The van der Waals surface area contributed by atoms with Crippen molar-refractivity contribution in [1.82, 2.24) is 14.9 Å². The SMILES string of the molecule is CNC(C)c1cc(F)ccc1N(C)Cc1nccn1C. The monoisotopic (exact) mass is 276 g/mol. The molecule has 5 heteroatoms. The van der Waals surface area contributed by atoms with Crippen molar-refractivity contribution in [2.75, 3.05) is 19.0 Å². The molecular weight excluding hydrogens is 255 g/mol. The molecule has 1 unspecified atom stereocenters. The number of imidazole rings is 1. The predicted molar refractivity (Wildman–Crippen MR) is 79.2 cm³/mol. The molecule has 1 aromatic carbocycles. The van der Waals surface area contributed by atoms with Gasteiger partial charge in [0.25, 0.3) is 0 Å². The van der Waals surface area contributed by atoms with Crippen LogP contribution < -0.4 is 10.2 Å². The summed E-state index contributed by atoms with van der Waals surface area (Å²) in [4.78, 5) is 6.41. The average Bonchev–Trinajstić information content (AvgIpc) is 2.83. The summed E-state index contributed by atoms with van der Waals surface area (Å²) >= 11 is 0. The van der Waals surface area contributed by atoms with Crippen molar-refractivity contribution >= 4 is 5.69 Å². The van der Waals surface area contributed by atoms with Gasteiger partial charge in [-0.25, -0.2) is 9.37 Å². The third kappa shape index (κ3) is 2.99. The fourth-order valence-electron chi connectivity index (χ4n) is 2.22. The van der Waals surface area contributed by atoms with E-state index in [9.17, 15) is 4.39 Å². The summed E-state index contributed by atoms with van der Waals surface area (Å²) < 4.78 is 15.5. The van der Waals surface area contributed by atoms with Gasteiger partial charge in [-0.1, -0.05) is 0 Å². The molecule has 1 heterocycles. The van der Waals surface area contributed by atoms with Crippen molar-refractivity contribution < 1.29 is 4.39 Å². The maximum Gasteiger partial charge on any atom is 0.127 e. The molecule has 0 aliphatic rings. The Morgan fingerprint density at radius 1 is 1.45 bits per heavy atom. The molecule has 1 atom stereocenters. The van der Waals surface area contributed by atoms with Crippen molar-refractivity contribution in [3.8, 4) is 0 Å². The molecule has 0 spiro atoms. The van der Waals surface area contributed by atoms with Crippen LogP contribution in [-0.4, -0.2) is 23.6 Å². The van der Waals surface area contributed by atoms with Crippen molar-refractivity contribution in [2.24, 2.45) is 7.05 Å². The predicted octanol–water partition coefficient (Wildman–Crippen LogP) is 2.48. The number of halogens is 1. The maximum absolute atomic E-state index is 13.5. The molecule has 0 saturated carbocycles. The number of nitrogens with one attached hydrogen (secondary N) is 1. The highest BCUT2D eigenvalue weighted by Gasteiger charge is 2.14. The summed E-state index contributed by atoms with van der Waals surface area (Å²) in [5, 5.41) is 3.16. The van der Waals surface area contributed by atoms with Gasteiger partial charge in [0.1, 0.15) is 11.6 Å². The van der Waals surface area contributed by atoms with E-state index >= 15 is 0 Å². The largest absolute Gasteiger partial charge is 0.367 e. The zero-order chi connectivity index (χ0) is 14.7. The van der Waals surface area contributed by atoms with Gasteiger partial charge >= 0.3 is 0 Å². The molecule has 4 nitrogen and oxygen atoms in total. The van der Waals surface area contributed by atoms with Gasteiger partial charge in [-0.3, -0.25) is 0 Å². The normalized spacial score (nSPS) is 12.4. The van der Waals surface area contributed by atoms with Gasteiger partial charge in [0.2, 0.25) is 0 Å². The lowest BCUT2D eigenvalue weighted by Gasteiger charge is -2.25. The van der Waals surface area contributed by atoms with E-state index in [1.54, 1.807) is 12.3 Å². The first kappa shape index (κ1) is 14.5. The van der Waals surface area contributed by atoms with Crippen LogP contribution in [0.4, 0.5) is 10.1 Å². The second kappa shape index (κ2) is 6.05. The Hall–Kier alpha value is -1.88. The van der Waals surface area contributed by atoms with E-state index in [2.05, 4.69) is 15.2 Å². The second-order valence-electron chi connectivity index (χ2n) is 5.02. The molecule has 0 aliphatic heterocycles. The molecule has 2 aromatic rings. The van der Waals surface area contributed by atoms with E-state index in [-0.39, 0.29) is 11.9 Å². The Labute approximate surface area is 119 Å². The van der Waals surface area contributed by atoms with Crippen LogP contribution in [0.1, 0.15) is 24.4 Å². The van der Waals surface area contributed by atoms with Gasteiger partial charge in [-0.05, 0) is 37.7 Å². The molecule has 0 radical (unpaired) electrons. The van der Waals surface area contributed by atoms with Crippen molar-refractivity contribution in [1.29, 1.82) is 0 Å². The molecule has 1 N–H and O–H groups in total. The summed E-state index contributed by atoms with van der Waals surface area (Å²) in [6.45, 7) is 2.70. The van der Waals surface area contributed by atoms with Crippen LogP contribution in [0, 0.1) is 5.82 Å². The first-order valence-corrected chi connectivity index (χ1v) is 6.67. The van der Waals surface area contributed by atoms with Gasteiger partial charge < -0.3 is 14.8 Å². The van der Waals surface area contributed by atoms with E-state index in [4.69, 9.17) is 0 Å². The molecule has 0 amide bonds. The van der Waals surface area contributed by atoms with Crippen LogP contribution >= 0.6 is 0 Å². The Morgan fingerprint density at radius 3 is 2.80 bits per heavy atom. The Balaban J connectivity index is 2.29. The van der Waals surface area contributed by atoms with Crippen LogP contribution in [0.25, 0.3) is 0 Å². The molecule has 108 valence electrons. The first-order valence-electron chi connectivity index (χ1n) is 6.67. The van der Waals surface area contributed by atoms with E-state index in [1.807, 2.05) is 44.9 Å². The molecule has 0 bridgehead atoms. The minimum atomic E-state index is -0.212. The summed E-state index contributed by atoms with van der Waals surface area (Å²) in [7, 11) is 5.84. The second-order valence-corrected chi connectivity index (χ2v) is 5.02. The summed E-state index contributed by atoms with van der Waals surface area (Å²) in [5.41, 5.74) is 1.96. The third-order valence-corrected chi connectivity index (χ3v) is 3.60. The van der Waals surface area contributed by atoms with Gasteiger partial charge in [0.15, 0.2) is 0 Å². The molecule has 0 saturated heterocycles. The number of hydrogen-bond acceptors (Lipinski definition) is 3. The number of anilines is 1. The molecule has 20 heavy (non-hydrogen) atoms. The highest BCUT2D eigenvalue weighted by atomic mass is 19.1. The van der Waals surface area contributed by atoms with Crippen LogP contribution in [0.15, 0.2) is 30.6 Å². The van der Waals surface area contributed by atoms with Crippen LogP contribution in [0.2, 0.25) is 0 Å². The smallest absolute Gasteiger partial charge is 0.127 e. The zero-order valence-electron chi connectivity index (χ0n) is 12.4. The standard InChI is InChI=1S/C15H21FN4/c1-11(17-2)13-9-12(16)5-6-14(13)20(4)10-15-18-7-8-19(15)3/h5-9,11,17H,10H2,1-4H3. The fraction of sp³-hybridized carbons (Fsp3) is 0.400. The van der Waals surface area contributed by atoms with Gasteiger partial charge in [0.05, 0.1) is 6.54 Å². The number of aromatic nitrogens is 2. The molecule has 2 rings (SSSR count). The maximum atomic E-state index is 13.5. The summed E-state index contributed by atoms with van der Waals surface area (Å²) in [6, 6.07) is 4.99. The molecule has 0 fully saturated rings. The number of benzene rings is 1. The number of aryl methyl sites for hydroxylation is 1. The van der Waals surface area contributed by atoms with Gasteiger partial charge in [-0.2, -0.15) is 0 Å². The number of rotatable bonds is 5. The minimum Gasteiger partial charge on any atom is -0.367 e. The average molecular weight is 276 g/mol. The molecule has 0 aliphatic carbocycles.